The van der Waals surface area contributed by atoms with Gasteiger partial charge in [-0.1, -0.05) is 13.0 Å². The summed E-state index contributed by atoms with van der Waals surface area (Å²) in [4.78, 5) is 0. The van der Waals surface area contributed by atoms with Gasteiger partial charge in [0.1, 0.15) is 19.3 Å². The molecule has 1 N–H and O–H groups in total. The van der Waals surface area contributed by atoms with Gasteiger partial charge in [0, 0.05) is 0 Å². The molecule has 1 atom stereocenters. The molecule has 1 unspecified atom stereocenters. The largest absolute Gasteiger partial charge is 0.486 e. The molecule has 0 spiro atoms. The maximum Gasteiger partial charge on any atom is 0.455 e. The van der Waals surface area contributed by atoms with Gasteiger partial charge >= 0.3 is 12.1 Å². The molecule has 0 aliphatic carbocycles. The lowest BCUT2D eigenvalue weighted by Gasteiger charge is -2.30. The van der Waals surface area contributed by atoms with Gasteiger partial charge in [0.15, 0.2) is 11.5 Å². The van der Waals surface area contributed by atoms with Crippen LogP contribution in [0.1, 0.15) is 18.5 Å². The SMILES string of the molecule is CCNC(c1ccc2c(c1)OCCO2)C(F)(F)C(F)(F)F. The number of rotatable bonds is 4. The first kappa shape index (κ1) is 15.8. The van der Waals surface area contributed by atoms with Crippen LogP contribution in [-0.2, 0) is 0 Å². The Morgan fingerprint density at radius 3 is 2.29 bits per heavy atom. The Morgan fingerprint density at radius 2 is 1.71 bits per heavy atom. The van der Waals surface area contributed by atoms with E-state index < -0.39 is 18.1 Å². The van der Waals surface area contributed by atoms with Gasteiger partial charge < -0.3 is 14.8 Å². The lowest BCUT2D eigenvalue weighted by Crippen LogP contribution is -2.48. The molecule has 2 rings (SSSR count). The molecule has 0 radical (unpaired) electrons. The van der Waals surface area contributed by atoms with Crippen LogP contribution in [0.3, 0.4) is 0 Å². The van der Waals surface area contributed by atoms with E-state index in [-0.39, 0.29) is 24.5 Å². The second-order valence-electron chi connectivity index (χ2n) is 4.51. The molecule has 1 aromatic carbocycles. The van der Waals surface area contributed by atoms with E-state index in [1.807, 2.05) is 0 Å². The van der Waals surface area contributed by atoms with Crippen molar-refractivity contribution < 1.29 is 31.4 Å². The zero-order chi connectivity index (χ0) is 15.7. The molecule has 3 nitrogen and oxygen atoms in total. The summed E-state index contributed by atoms with van der Waals surface area (Å²) in [6.07, 6.45) is -5.65. The number of ether oxygens (including phenoxy) is 2. The van der Waals surface area contributed by atoms with Crippen molar-refractivity contribution in [2.45, 2.75) is 25.1 Å². The number of halogens is 5. The van der Waals surface area contributed by atoms with Gasteiger partial charge in [0.05, 0.1) is 0 Å². The van der Waals surface area contributed by atoms with Crippen LogP contribution in [0, 0.1) is 0 Å². The van der Waals surface area contributed by atoms with E-state index in [0.29, 0.717) is 12.4 Å². The number of benzene rings is 1. The molecule has 1 heterocycles. The van der Waals surface area contributed by atoms with Crippen molar-refractivity contribution in [3.05, 3.63) is 23.8 Å². The summed E-state index contributed by atoms with van der Waals surface area (Å²) in [5, 5.41) is 2.19. The Balaban J connectivity index is 2.39. The van der Waals surface area contributed by atoms with Gasteiger partial charge in [-0.3, -0.25) is 0 Å². The Labute approximate surface area is 118 Å². The molecule has 0 aromatic heterocycles. The lowest BCUT2D eigenvalue weighted by molar-refractivity contribution is -0.294. The van der Waals surface area contributed by atoms with Gasteiger partial charge in [0.2, 0.25) is 0 Å². The third-order valence-corrected chi connectivity index (χ3v) is 3.05. The van der Waals surface area contributed by atoms with E-state index >= 15 is 0 Å². The smallest absolute Gasteiger partial charge is 0.455 e. The highest BCUT2D eigenvalue weighted by Gasteiger charge is 2.62. The van der Waals surface area contributed by atoms with Crippen molar-refractivity contribution in [1.29, 1.82) is 0 Å². The van der Waals surface area contributed by atoms with Crippen LogP contribution in [0.15, 0.2) is 18.2 Å². The highest BCUT2D eigenvalue weighted by atomic mass is 19.4. The van der Waals surface area contributed by atoms with Crippen LogP contribution in [0.2, 0.25) is 0 Å². The molecule has 0 bridgehead atoms. The van der Waals surface area contributed by atoms with Gasteiger partial charge in [-0.2, -0.15) is 22.0 Å². The van der Waals surface area contributed by atoms with Crippen LogP contribution >= 0.6 is 0 Å². The molecule has 1 aliphatic rings. The molecule has 0 saturated heterocycles. The number of alkyl halides is 5. The Bertz CT molecular complexity index is 504. The average molecular weight is 311 g/mol. The minimum Gasteiger partial charge on any atom is -0.486 e. The topological polar surface area (TPSA) is 30.5 Å². The van der Waals surface area contributed by atoms with Crippen molar-refractivity contribution in [2.24, 2.45) is 0 Å². The summed E-state index contributed by atoms with van der Waals surface area (Å²) >= 11 is 0. The average Bonchev–Trinajstić information content (AvgIpc) is 2.43. The number of hydrogen-bond acceptors (Lipinski definition) is 3. The Morgan fingerprint density at radius 1 is 1.10 bits per heavy atom. The monoisotopic (exact) mass is 311 g/mol. The zero-order valence-electron chi connectivity index (χ0n) is 11.1. The van der Waals surface area contributed by atoms with Crippen molar-refractivity contribution >= 4 is 0 Å². The van der Waals surface area contributed by atoms with Crippen LogP contribution < -0.4 is 14.8 Å². The van der Waals surface area contributed by atoms with Crippen LogP contribution in [0.4, 0.5) is 22.0 Å². The minimum atomic E-state index is -5.65. The van der Waals surface area contributed by atoms with Gasteiger partial charge in [0.25, 0.3) is 0 Å². The number of hydrogen-bond donors (Lipinski definition) is 1. The third-order valence-electron chi connectivity index (χ3n) is 3.05. The van der Waals surface area contributed by atoms with E-state index in [4.69, 9.17) is 9.47 Å². The van der Waals surface area contributed by atoms with E-state index in [9.17, 15) is 22.0 Å². The Hall–Kier alpha value is -1.57. The van der Waals surface area contributed by atoms with E-state index in [0.717, 1.165) is 6.07 Å². The highest BCUT2D eigenvalue weighted by Crippen LogP contribution is 2.45. The summed E-state index contributed by atoms with van der Waals surface area (Å²) in [6, 6.07) is 1.49. The molecular weight excluding hydrogens is 297 g/mol. The summed E-state index contributed by atoms with van der Waals surface area (Å²) < 4.78 is 75.5. The summed E-state index contributed by atoms with van der Waals surface area (Å²) in [5.41, 5.74) is -0.205. The first-order valence-corrected chi connectivity index (χ1v) is 6.35. The fourth-order valence-electron chi connectivity index (χ4n) is 2.06. The van der Waals surface area contributed by atoms with Crippen molar-refractivity contribution in [3.8, 4) is 11.5 Å². The molecule has 0 fully saturated rings. The first-order valence-electron chi connectivity index (χ1n) is 6.35. The standard InChI is InChI=1S/C13H14F5NO2/c1-2-19-11(12(14,15)13(16,17)18)8-3-4-9-10(7-8)21-6-5-20-9/h3-4,7,11,19H,2,5-6H2,1H3. The van der Waals surface area contributed by atoms with Gasteiger partial charge in [-0.25, -0.2) is 0 Å². The van der Waals surface area contributed by atoms with E-state index in [2.05, 4.69) is 5.32 Å². The minimum absolute atomic E-state index is 0.0369. The fraction of sp³-hybridized carbons (Fsp3) is 0.538. The normalized spacial score (nSPS) is 16.7. The van der Waals surface area contributed by atoms with Crippen LogP contribution in [0.5, 0.6) is 11.5 Å². The molecule has 0 amide bonds. The van der Waals surface area contributed by atoms with Crippen LogP contribution in [0.25, 0.3) is 0 Å². The number of fused-ring (bicyclic) bond motifs is 1. The predicted octanol–water partition coefficient (Wildman–Crippen LogP) is 3.31. The molecule has 21 heavy (non-hydrogen) atoms. The molecule has 118 valence electrons. The quantitative estimate of drug-likeness (QED) is 0.866. The fourth-order valence-corrected chi connectivity index (χ4v) is 2.06. The maximum atomic E-state index is 13.6. The van der Waals surface area contributed by atoms with Gasteiger partial charge in [-0.05, 0) is 24.2 Å². The third kappa shape index (κ3) is 3.04. The van der Waals surface area contributed by atoms with Gasteiger partial charge in [-0.15, -0.1) is 0 Å². The van der Waals surface area contributed by atoms with E-state index in [1.54, 1.807) is 0 Å². The number of nitrogens with one attached hydrogen (secondary N) is 1. The van der Waals surface area contributed by atoms with E-state index in [1.165, 1.54) is 19.1 Å². The Kier molecular flexibility index (Phi) is 4.27. The first-order chi connectivity index (χ1) is 9.77. The molecule has 8 heteroatoms. The molecule has 1 aromatic rings. The van der Waals surface area contributed by atoms with Crippen molar-refractivity contribution in [1.82, 2.24) is 5.32 Å². The predicted molar refractivity (Wildman–Crippen MR) is 64.9 cm³/mol. The van der Waals surface area contributed by atoms with Crippen LogP contribution in [-0.4, -0.2) is 31.9 Å². The molecule has 1 aliphatic heterocycles. The van der Waals surface area contributed by atoms with Crippen molar-refractivity contribution in [3.63, 3.8) is 0 Å². The second-order valence-corrected chi connectivity index (χ2v) is 4.51. The summed E-state index contributed by atoms with van der Waals surface area (Å²) in [6.45, 7) is 1.95. The lowest BCUT2D eigenvalue weighted by atomic mass is 9.99. The van der Waals surface area contributed by atoms with Crippen molar-refractivity contribution in [2.75, 3.05) is 19.8 Å². The maximum absolute atomic E-state index is 13.6. The highest BCUT2D eigenvalue weighted by molar-refractivity contribution is 5.45. The summed E-state index contributed by atoms with van der Waals surface area (Å²) in [5.74, 6) is -4.40. The molecule has 0 saturated carbocycles. The zero-order valence-corrected chi connectivity index (χ0v) is 11.1. The summed E-state index contributed by atoms with van der Waals surface area (Å²) in [7, 11) is 0. The molecular formula is C13H14F5NO2. The second kappa shape index (κ2) is 5.67.